The highest BCUT2D eigenvalue weighted by molar-refractivity contribution is 8.02. The molecule has 0 spiro atoms. The molecule has 0 bridgehead atoms. The van der Waals surface area contributed by atoms with Gasteiger partial charge in [-0.3, -0.25) is 0 Å². The van der Waals surface area contributed by atoms with E-state index in [9.17, 15) is 5.26 Å². The van der Waals surface area contributed by atoms with Crippen LogP contribution >= 0.6 is 11.8 Å². The first kappa shape index (κ1) is 14.7. The molecule has 0 radical (unpaired) electrons. The summed E-state index contributed by atoms with van der Waals surface area (Å²) in [5, 5.41) is 13.2. The summed E-state index contributed by atoms with van der Waals surface area (Å²) >= 11 is 1.46. The minimum atomic E-state index is -0.241. The smallest absolute Gasteiger partial charge is 0.158 e. The van der Waals surface area contributed by atoms with Crippen molar-refractivity contribution in [3.63, 3.8) is 0 Å². The fourth-order valence-corrected chi connectivity index (χ4v) is 2.63. The van der Waals surface area contributed by atoms with Gasteiger partial charge in [0.1, 0.15) is 17.8 Å². The van der Waals surface area contributed by atoms with Crippen LogP contribution in [0.5, 0.6) is 0 Å². The molecule has 7 heteroatoms. The third-order valence-corrected chi connectivity index (χ3v) is 3.88. The van der Waals surface area contributed by atoms with Crippen molar-refractivity contribution in [3.05, 3.63) is 34.4 Å². The summed E-state index contributed by atoms with van der Waals surface area (Å²) < 4.78 is 5.27. The second kappa shape index (κ2) is 6.61. The summed E-state index contributed by atoms with van der Waals surface area (Å²) in [7, 11) is 1.69. The summed E-state index contributed by atoms with van der Waals surface area (Å²) in [4.78, 5) is 4.44. The number of hydrazine groups is 1. The van der Waals surface area contributed by atoms with E-state index in [0.29, 0.717) is 11.4 Å². The zero-order valence-corrected chi connectivity index (χ0v) is 12.2. The molecular weight excluding hydrogens is 274 g/mol. The summed E-state index contributed by atoms with van der Waals surface area (Å²) in [5.74, 6) is 5.87. The van der Waals surface area contributed by atoms with E-state index in [0.717, 1.165) is 17.0 Å². The number of hydrogen-bond acceptors (Lipinski definition) is 7. The monoisotopic (exact) mass is 291 g/mol. The van der Waals surface area contributed by atoms with Crippen molar-refractivity contribution in [3.8, 4) is 6.07 Å². The zero-order chi connectivity index (χ0) is 14.5. The van der Waals surface area contributed by atoms with Gasteiger partial charge in [0.2, 0.25) is 0 Å². The minimum Gasteiger partial charge on any atom is -0.377 e. The fraction of sp³-hybridized carbons (Fsp3) is 0.385. The third-order valence-electron chi connectivity index (χ3n) is 3.15. The maximum absolute atomic E-state index is 9.17. The molecule has 2 atom stereocenters. The van der Waals surface area contributed by atoms with Crippen molar-refractivity contribution >= 4 is 17.6 Å². The van der Waals surface area contributed by atoms with Gasteiger partial charge in [-0.25, -0.2) is 10.8 Å². The second-order valence-electron chi connectivity index (χ2n) is 4.26. The number of nitrogens with one attached hydrogen (secondary N) is 2. The maximum Gasteiger partial charge on any atom is 0.158 e. The Morgan fingerprint density at radius 2 is 2.45 bits per heavy atom. The number of nitriles is 1. The predicted octanol–water partition coefficient (Wildman–Crippen LogP) is 0.777. The van der Waals surface area contributed by atoms with Crippen molar-refractivity contribution in [2.75, 3.05) is 13.4 Å². The topological polar surface area (TPSA) is 95.5 Å². The second-order valence-corrected chi connectivity index (χ2v) is 5.08. The zero-order valence-electron chi connectivity index (χ0n) is 11.4. The van der Waals surface area contributed by atoms with Crippen LogP contribution in [0.15, 0.2) is 39.4 Å². The van der Waals surface area contributed by atoms with E-state index < -0.39 is 0 Å². The summed E-state index contributed by atoms with van der Waals surface area (Å²) in [6, 6.07) is 2.11. The van der Waals surface area contributed by atoms with Gasteiger partial charge in [0.05, 0.1) is 11.1 Å². The van der Waals surface area contributed by atoms with Gasteiger partial charge in [-0.1, -0.05) is 18.2 Å². The van der Waals surface area contributed by atoms with Crippen LogP contribution in [0.4, 0.5) is 0 Å². The van der Waals surface area contributed by atoms with Crippen LogP contribution in [-0.4, -0.2) is 31.5 Å². The van der Waals surface area contributed by atoms with E-state index >= 15 is 0 Å². The van der Waals surface area contributed by atoms with E-state index in [4.69, 9.17) is 10.6 Å². The lowest BCUT2D eigenvalue weighted by Gasteiger charge is -2.27. The van der Waals surface area contributed by atoms with E-state index in [1.165, 1.54) is 11.8 Å². The van der Waals surface area contributed by atoms with E-state index in [1.807, 2.05) is 18.4 Å². The van der Waals surface area contributed by atoms with Gasteiger partial charge in [0.15, 0.2) is 5.84 Å². The Morgan fingerprint density at radius 3 is 2.95 bits per heavy atom. The van der Waals surface area contributed by atoms with Crippen LogP contribution in [0, 0.1) is 11.3 Å². The van der Waals surface area contributed by atoms with Crippen molar-refractivity contribution in [2.24, 2.45) is 10.8 Å². The number of nitrogens with two attached hydrogens (primary N) is 1. The summed E-state index contributed by atoms with van der Waals surface area (Å²) in [5.41, 5.74) is 3.97. The Balaban J connectivity index is 2.23. The number of amidine groups is 1. The van der Waals surface area contributed by atoms with Gasteiger partial charge < -0.3 is 15.5 Å². The number of nitrogens with zero attached hydrogens (tertiary/aromatic N) is 2. The molecule has 0 fully saturated rings. The molecule has 2 unspecified atom stereocenters. The van der Waals surface area contributed by atoms with Crippen molar-refractivity contribution < 1.29 is 4.74 Å². The first-order chi connectivity index (χ1) is 9.73. The average molecular weight is 291 g/mol. The Bertz CT molecular complexity index is 543. The van der Waals surface area contributed by atoms with Gasteiger partial charge >= 0.3 is 0 Å². The number of methoxy groups -OCH3 is 1. The molecule has 1 aliphatic heterocycles. The molecule has 2 aliphatic rings. The fourth-order valence-electron chi connectivity index (χ4n) is 2.06. The van der Waals surface area contributed by atoms with Crippen molar-refractivity contribution in [1.82, 2.24) is 10.7 Å². The van der Waals surface area contributed by atoms with E-state index in [1.54, 1.807) is 7.11 Å². The molecular formula is C13H17N5OS. The minimum absolute atomic E-state index is 0.114. The summed E-state index contributed by atoms with van der Waals surface area (Å²) in [6.07, 6.45) is 8.66. The first-order valence-electron chi connectivity index (χ1n) is 6.14. The molecule has 2 rings (SSSR count). The lowest BCUT2D eigenvalue weighted by Crippen LogP contribution is -2.41. The largest absolute Gasteiger partial charge is 0.377 e. The van der Waals surface area contributed by atoms with Crippen LogP contribution in [0.2, 0.25) is 0 Å². The van der Waals surface area contributed by atoms with Crippen LogP contribution in [0.3, 0.4) is 0 Å². The molecule has 6 nitrogen and oxygen atoms in total. The van der Waals surface area contributed by atoms with Crippen LogP contribution in [-0.2, 0) is 4.74 Å². The molecule has 106 valence electrons. The highest BCUT2D eigenvalue weighted by Crippen LogP contribution is 2.24. The molecule has 0 saturated carbocycles. The number of rotatable bonds is 3. The van der Waals surface area contributed by atoms with Crippen molar-refractivity contribution in [1.29, 1.82) is 5.26 Å². The molecule has 1 aliphatic carbocycles. The molecule has 0 amide bonds. The average Bonchev–Trinajstić information content (AvgIpc) is 2.53. The van der Waals surface area contributed by atoms with Gasteiger partial charge in [-0.05, 0) is 18.2 Å². The van der Waals surface area contributed by atoms with E-state index in [-0.39, 0.29) is 12.3 Å². The van der Waals surface area contributed by atoms with Gasteiger partial charge in [-0.15, -0.1) is 11.8 Å². The Hall–Kier alpha value is -1.75. The van der Waals surface area contributed by atoms with Crippen molar-refractivity contribution in [2.45, 2.75) is 18.7 Å². The van der Waals surface area contributed by atoms with Gasteiger partial charge in [-0.2, -0.15) is 5.26 Å². The molecule has 1 heterocycles. The maximum atomic E-state index is 9.17. The Kier molecular flexibility index (Phi) is 4.84. The number of ether oxygens (including phenoxy) is 1. The SMILES string of the molecule is COC1C=CC(C2N=C(NN)C(C#N)=C(SC)N2)=CC1. The Morgan fingerprint density at radius 1 is 1.65 bits per heavy atom. The standard InChI is InChI=1S/C13H17N5OS/c1-19-9-5-3-8(4-6-9)11-16-12(18-15)10(7-14)13(17-11)20-2/h3-5,9,11,17H,6,15H2,1-2H3,(H,16,18). The highest BCUT2D eigenvalue weighted by Gasteiger charge is 2.25. The number of hydrogen-bond donors (Lipinski definition) is 3. The lowest BCUT2D eigenvalue weighted by molar-refractivity contribution is 0.142. The number of aliphatic imine (C=N–C) groups is 1. The van der Waals surface area contributed by atoms with E-state index in [2.05, 4.69) is 27.9 Å². The molecule has 0 aromatic carbocycles. The van der Waals surface area contributed by atoms with Crippen LogP contribution < -0.4 is 16.6 Å². The molecule has 4 N–H and O–H groups in total. The van der Waals surface area contributed by atoms with Gasteiger partial charge in [0.25, 0.3) is 0 Å². The van der Waals surface area contributed by atoms with Crippen LogP contribution in [0.25, 0.3) is 0 Å². The third kappa shape index (κ3) is 2.88. The molecule has 0 saturated heterocycles. The molecule has 0 aromatic heterocycles. The molecule has 20 heavy (non-hydrogen) atoms. The quantitative estimate of drug-likeness (QED) is 0.525. The Labute approximate surface area is 122 Å². The first-order valence-corrected chi connectivity index (χ1v) is 7.36. The predicted molar refractivity (Wildman–Crippen MR) is 80.5 cm³/mol. The number of thioether (sulfide) groups is 1. The normalized spacial score (nSPS) is 25.5. The van der Waals surface area contributed by atoms with Gasteiger partial charge in [0, 0.05) is 7.11 Å². The lowest BCUT2D eigenvalue weighted by atomic mass is 10.0. The van der Waals surface area contributed by atoms with Crippen LogP contribution in [0.1, 0.15) is 6.42 Å². The molecule has 0 aromatic rings. The highest BCUT2D eigenvalue weighted by atomic mass is 32.2. The summed E-state index contributed by atoms with van der Waals surface area (Å²) in [6.45, 7) is 0.